The van der Waals surface area contributed by atoms with Crippen LogP contribution in [-0.2, 0) is 46.5 Å². The standard InChI is InChI=1S/C52H64BFN8O10/c1-7-8-25-70-51(68)48-40-18-20-41-42(62(59-58-41)43-29-36-16-17-37(63)30-44(36)72-50(43)67)21-19-39(40)47(49(65)66)60(48)24-13-26-71-52(69)56-23-22-55-45(64)15-12-10-9-11-14-38-35(6)31(2)27-33(4)57-53(54)61-34(5)28-32(3)46(38)61/h16-17,27-30,63H,7-15,18-26H2,1-6H3,(H,55,64)(H,56,69)(H,65,66)/b31-27-,38-35+,57-33+. The van der Waals surface area contributed by atoms with Gasteiger partial charge in [-0.1, -0.05) is 31.4 Å². The van der Waals surface area contributed by atoms with E-state index in [1.165, 1.54) is 21.4 Å². The number of hydrogen-bond donors (Lipinski definition) is 4. The average Bonchev–Trinajstić information content (AvgIpc) is 3.97. The van der Waals surface area contributed by atoms with Crippen LogP contribution in [0.25, 0.3) is 22.2 Å². The van der Waals surface area contributed by atoms with Crippen molar-refractivity contribution in [3.63, 3.8) is 0 Å². The number of aromatic carboxylic acids is 1. The van der Waals surface area contributed by atoms with Gasteiger partial charge in [-0.2, -0.15) is 0 Å². The van der Waals surface area contributed by atoms with Gasteiger partial charge in [-0.3, -0.25) is 14.0 Å². The summed E-state index contributed by atoms with van der Waals surface area (Å²) in [5.74, 6) is -2.08. The van der Waals surface area contributed by atoms with Crippen LogP contribution in [0.4, 0.5) is 9.11 Å². The lowest BCUT2D eigenvalue weighted by atomic mass is 9.92. The number of aryl methyl sites for hydroxylation is 3. The molecule has 20 heteroatoms. The van der Waals surface area contributed by atoms with E-state index < -0.39 is 30.9 Å². The highest BCUT2D eigenvalue weighted by molar-refractivity contribution is 6.50. The summed E-state index contributed by atoms with van der Waals surface area (Å²) < 4.78 is 36.5. The molecular weight excluding hydrogens is 926 g/mol. The minimum atomic E-state index is -1.50. The number of fused-ring (bicyclic) bond motifs is 4. The molecule has 2 aliphatic rings. The number of ether oxygens (including phenoxy) is 2. The van der Waals surface area contributed by atoms with Crippen LogP contribution in [0.3, 0.4) is 0 Å². The molecule has 0 saturated carbocycles. The number of halogens is 1. The third-order valence-electron chi connectivity index (χ3n) is 13.4. The van der Waals surface area contributed by atoms with E-state index in [-0.39, 0.29) is 99.3 Å². The third-order valence-corrected chi connectivity index (χ3v) is 13.4. The van der Waals surface area contributed by atoms with Crippen molar-refractivity contribution in [3.05, 3.63) is 109 Å². The molecular formula is C52H64BFN8O10. The van der Waals surface area contributed by atoms with Crippen LogP contribution in [0.1, 0.15) is 146 Å². The first-order valence-corrected chi connectivity index (χ1v) is 24.9. The van der Waals surface area contributed by atoms with Gasteiger partial charge in [0.15, 0.2) is 5.69 Å². The fraction of sp³-hybridized carbons (Fsp3) is 0.462. The summed E-state index contributed by atoms with van der Waals surface area (Å²) >= 11 is 0. The Hall–Kier alpha value is -7.25. The number of nitrogens with zero attached hydrogens (tertiary/aromatic N) is 6. The van der Waals surface area contributed by atoms with Gasteiger partial charge in [-0.25, -0.2) is 23.9 Å². The molecule has 72 heavy (non-hydrogen) atoms. The summed E-state index contributed by atoms with van der Waals surface area (Å²) in [5, 5.41) is 35.2. The fourth-order valence-electron chi connectivity index (χ4n) is 9.75. The van der Waals surface area contributed by atoms with Crippen LogP contribution in [-0.4, -0.2) is 97.5 Å². The van der Waals surface area contributed by atoms with Crippen molar-refractivity contribution >= 4 is 53.5 Å². The number of hydrogen-bond acceptors (Lipinski definition) is 12. The molecule has 5 aromatic rings. The highest BCUT2D eigenvalue weighted by Gasteiger charge is 2.34. The summed E-state index contributed by atoms with van der Waals surface area (Å²) in [7, 11) is -1.50. The minimum Gasteiger partial charge on any atom is -0.508 e. The number of allylic oxidation sites excluding steroid dienone is 4. The number of esters is 1. The first-order chi connectivity index (χ1) is 34.6. The molecule has 18 nitrogen and oxygen atoms in total. The molecule has 7 rings (SSSR count). The molecule has 1 aliphatic heterocycles. The lowest BCUT2D eigenvalue weighted by Gasteiger charge is -2.18. The van der Waals surface area contributed by atoms with Crippen molar-refractivity contribution in [2.75, 3.05) is 26.3 Å². The van der Waals surface area contributed by atoms with Gasteiger partial charge in [0, 0.05) is 54.6 Å². The molecule has 5 heterocycles. The van der Waals surface area contributed by atoms with Gasteiger partial charge in [0.25, 0.3) is 0 Å². The number of rotatable bonds is 20. The van der Waals surface area contributed by atoms with Gasteiger partial charge in [-0.05, 0) is 156 Å². The molecule has 1 aliphatic carbocycles. The number of phenols is 1. The van der Waals surface area contributed by atoms with E-state index in [0.29, 0.717) is 52.9 Å². The smallest absolute Gasteiger partial charge is 0.508 e. The Balaban J connectivity index is 0.888. The number of carboxylic acids is 1. The Bertz CT molecular complexity index is 3020. The lowest BCUT2D eigenvalue weighted by Crippen LogP contribution is -2.35. The van der Waals surface area contributed by atoms with Gasteiger partial charge in [0.2, 0.25) is 5.91 Å². The molecule has 4 N–H and O–H groups in total. The topological polar surface area (TPSA) is 234 Å². The molecule has 0 spiro atoms. The summed E-state index contributed by atoms with van der Waals surface area (Å²) in [5.41, 5.74) is 8.47. The average molecular weight is 991 g/mol. The number of alkyl carbamates (subject to hydrolysis) is 1. The maximum absolute atomic E-state index is 15.4. The van der Waals surface area contributed by atoms with E-state index in [0.717, 1.165) is 65.8 Å². The number of carbonyl (C=O) groups excluding carboxylic acids is 3. The van der Waals surface area contributed by atoms with Crippen molar-refractivity contribution in [1.29, 1.82) is 0 Å². The van der Waals surface area contributed by atoms with Crippen LogP contribution < -0.4 is 16.3 Å². The number of aromatic nitrogens is 5. The van der Waals surface area contributed by atoms with Crippen LogP contribution in [0.5, 0.6) is 5.75 Å². The van der Waals surface area contributed by atoms with Crippen molar-refractivity contribution in [2.45, 2.75) is 132 Å². The summed E-state index contributed by atoms with van der Waals surface area (Å²) in [6.07, 6.45) is 8.16. The number of benzene rings is 1. The van der Waals surface area contributed by atoms with Crippen LogP contribution in [0.15, 0.2) is 61.7 Å². The quantitative estimate of drug-likeness (QED) is 0.0251. The molecule has 0 radical (unpaired) electrons. The van der Waals surface area contributed by atoms with E-state index in [1.54, 1.807) is 16.6 Å². The molecule has 382 valence electrons. The normalized spacial score (nSPS) is 16.1. The van der Waals surface area contributed by atoms with Crippen LogP contribution >= 0.6 is 0 Å². The van der Waals surface area contributed by atoms with Gasteiger partial charge < -0.3 is 43.8 Å². The predicted octanol–water partition coefficient (Wildman–Crippen LogP) is 8.11. The molecule has 0 atom stereocenters. The number of carbonyl (C=O) groups is 4. The predicted molar refractivity (Wildman–Crippen MR) is 271 cm³/mol. The van der Waals surface area contributed by atoms with Crippen molar-refractivity contribution in [2.24, 2.45) is 4.90 Å². The van der Waals surface area contributed by atoms with Crippen LogP contribution in [0.2, 0.25) is 0 Å². The number of unbranched alkanes of at least 4 members (excludes halogenated alkanes) is 4. The number of aromatic hydroxyl groups is 1. The number of amides is 2. The molecule has 0 bridgehead atoms. The van der Waals surface area contributed by atoms with Crippen molar-refractivity contribution < 1.29 is 47.6 Å². The Morgan fingerprint density at radius 2 is 1.61 bits per heavy atom. The monoisotopic (exact) mass is 990 g/mol. The second-order valence-electron chi connectivity index (χ2n) is 18.5. The first kappa shape index (κ1) is 52.6. The summed E-state index contributed by atoms with van der Waals surface area (Å²) in [6, 6.07) is 8.03. The highest BCUT2D eigenvalue weighted by atomic mass is 19.1. The molecule has 0 saturated heterocycles. The van der Waals surface area contributed by atoms with Crippen molar-refractivity contribution in [3.8, 4) is 11.4 Å². The highest BCUT2D eigenvalue weighted by Crippen LogP contribution is 2.35. The summed E-state index contributed by atoms with van der Waals surface area (Å²) in [6.45, 7) is 12.2. The SMILES string of the molecule is CCCCOC(=O)c1c2c(c(C(=O)O)n1CCCOC(=O)NCCNC(=O)CCCCCC\C1=C(C)/C(C)=C\C(C)=N\B(F)n3c(C)cc(C)c31)CCc1c(nnn1-c1cc3ccc(O)cc3oc1=O)CC2. The Morgan fingerprint density at radius 1 is 0.875 bits per heavy atom. The Morgan fingerprint density at radius 3 is 2.39 bits per heavy atom. The van der Waals surface area contributed by atoms with Gasteiger partial charge in [0.1, 0.15) is 22.7 Å². The van der Waals surface area contributed by atoms with Gasteiger partial charge >= 0.3 is 30.9 Å². The maximum atomic E-state index is 15.4. The second-order valence-corrected chi connectivity index (χ2v) is 18.5. The Labute approximate surface area is 417 Å². The number of carboxylic acid groups (broad SMARTS) is 1. The zero-order valence-electron chi connectivity index (χ0n) is 42.0. The Kier molecular flexibility index (Phi) is 17.4. The summed E-state index contributed by atoms with van der Waals surface area (Å²) in [4.78, 5) is 69.5. The number of nitrogens with one attached hydrogen (secondary N) is 2. The van der Waals surface area contributed by atoms with E-state index in [1.807, 2.05) is 46.8 Å². The molecule has 0 unspecified atom stereocenters. The fourth-order valence-corrected chi connectivity index (χ4v) is 9.75. The van der Waals surface area contributed by atoms with E-state index >= 15 is 4.32 Å². The van der Waals surface area contributed by atoms with Gasteiger partial charge in [-0.15, -0.1) is 5.10 Å². The zero-order valence-corrected chi connectivity index (χ0v) is 42.0. The maximum Gasteiger partial charge on any atom is 0.611 e. The largest absolute Gasteiger partial charge is 0.611 e. The molecule has 1 aromatic carbocycles. The zero-order chi connectivity index (χ0) is 51.6. The van der Waals surface area contributed by atoms with Gasteiger partial charge in [0.05, 0.1) is 24.6 Å². The molecule has 2 amide bonds. The van der Waals surface area contributed by atoms with Crippen LogP contribution in [0, 0.1) is 13.8 Å². The third kappa shape index (κ3) is 12.1. The molecule has 0 fully saturated rings. The minimum absolute atomic E-state index is 0.0274. The van der Waals surface area contributed by atoms with E-state index in [4.69, 9.17) is 13.9 Å². The molecule has 4 aromatic heterocycles. The number of phenolic OH excluding ortho intramolecular Hbond substituents is 1. The second kappa shape index (κ2) is 23.8. The van der Waals surface area contributed by atoms with E-state index in [9.17, 15) is 34.2 Å². The van der Waals surface area contributed by atoms with Crippen molar-refractivity contribution in [1.82, 2.24) is 34.7 Å². The lowest BCUT2D eigenvalue weighted by molar-refractivity contribution is -0.121. The first-order valence-electron chi connectivity index (χ1n) is 24.9. The van der Waals surface area contributed by atoms with E-state index in [2.05, 4.69) is 32.8 Å².